The highest BCUT2D eigenvalue weighted by molar-refractivity contribution is 6.31. The van der Waals surface area contributed by atoms with E-state index in [0.717, 1.165) is 44.4 Å². The minimum atomic E-state index is -2.32. The number of carbonyl (C=O) groups excluding carboxylic acids is 10. The molecule has 3 aromatic carbocycles. The van der Waals surface area contributed by atoms with Gasteiger partial charge in [-0.2, -0.15) is 0 Å². The van der Waals surface area contributed by atoms with E-state index in [4.69, 9.17) is 68.3 Å². The summed E-state index contributed by atoms with van der Waals surface area (Å²) in [5.41, 5.74) is -18.5. The third-order valence-corrected chi connectivity index (χ3v) is 37.3. The third-order valence-electron chi connectivity index (χ3n) is 36.6. The molecule has 15 fully saturated rings. The Balaban J connectivity index is 0.000000137. The highest BCUT2D eigenvalue weighted by Gasteiger charge is 2.84. The molecule has 27 atom stereocenters. The minimum absolute atomic E-state index is 0.0226. The largest absolute Gasteiger partial charge is 0.444 e. The number of nitrogens with one attached hydrogen (secondary N) is 2. The van der Waals surface area contributed by atoms with E-state index in [1.165, 1.54) is 58.1 Å². The predicted molar refractivity (Wildman–Crippen MR) is 530 cm³/mol. The van der Waals surface area contributed by atoms with E-state index in [-0.39, 0.29) is 106 Å². The van der Waals surface area contributed by atoms with Crippen molar-refractivity contribution in [2.24, 2.45) is 85.8 Å². The summed E-state index contributed by atoms with van der Waals surface area (Å²) in [6.45, 7) is 26.0. The molecule has 18 aliphatic rings. The molecule has 39 heteroatoms. The number of hydroxylamine groups is 3. The second-order valence-corrected chi connectivity index (χ2v) is 47.7. The lowest BCUT2D eigenvalue weighted by atomic mass is 9.44. The molecule has 3 aromatic rings. The molecule has 6 saturated heterocycles. The fourth-order valence-electron chi connectivity index (χ4n) is 29.7. The molecule has 0 unspecified atom stereocenters. The van der Waals surface area contributed by atoms with Crippen LogP contribution in [0.2, 0.25) is 15.1 Å². The van der Waals surface area contributed by atoms with Crippen LogP contribution in [-0.4, -0.2) is 299 Å². The number of hydrogen-bond acceptors (Lipinski definition) is 26. The molecule has 6 N–H and O–H groups in total. The van der Waals surface area contributed by atoms with Crippen molar-refractivity contribution in [3.63, 3.8) is 0 Å². The van der Waals surface area contributed by atoms with Crippen LogP contribution in [0.25, 0.3) is 0 Å². The Kier molecular flexibility index (Phi) is 28.4. The SMILES string of the molecule is CC(C)(C)OC(=O)N1CCN(C(=O)OCC(=O)[C@@]23ON(c4ccc(Cl)cc4)C[C@@H]2C[C@H]2[C@@H]4C[C@H](F)C5=CC(=O)C=C[C@]5(C)[C@@]4(F)[C@@H](O)C[C@@]23C)CC1.CC(C)(C)OC(=O)N1CCNCC1.C[C@]12C=CC(=O)C=C1[C@@H](F)C[C@H]1[C@@H]3C[C@H]4CN(c5ccc(Cl)cc5)O[C@@]4(C(=O)CO)[C@@]3(C)C[C@H](O)[C@@]12F.C[C@]12C=CC(=O)C=C1[C@@H](F)C[C@H]1[C@@H]3C[C@H]4CN(c5ccc(Cl)cc5)O[C@@]4(C(=O)COC(=O)N4CCNCC4)[C@@]3(C)C[C@H](O)[C@@]12F. The zero-order chi connectivity index (χ0) is 106. The molecule has 0 spiro atoms. The van der Waals surface area contributed by atoms with Crippen LogP contribution in [0.5, 0.6) is 0 Å². The Morgan fingerprint density at radius 3 is 0.925 bits per heavy atom. The number of allylic oxidation sites excluding steroid dienone is 12. The van der Waals surface area contributed by atoms with Crippen LogP contribution in [0, 0.1) is 85.8 Å². The first-order chi connectivity index (χ1) is 69.1. The van der Waals surface area contributed by atoms with E-state index < -0.39 is 235 Å². The molecule has 21 rings (SSSR count). The summed E-state index contributed by atoms with van der Waals surface area (Å²) in [6, 6.07) is 20.8. The summed E-state index contributed by atoms with van der Waals surface area (Å²) >= 11 is 18.3. The molecule has 147 heavy (non-hydrogen) atoms. The van der Waals surface area contributed by atoms with Gasteiger partial charge in [0, 0.05) is 162 Å². The first kappa shape index (κ1) is 108. The lowest BCUT2D eigenvalue weighted by Gasteiger charge is -2.63. The summed E-state index contributed by atoms with van der Waals surface area (Å²) in [7, 11) is 0. The number of piperazine rings is 3. The maximum atomic E-state index is 17.9. The zero-order valence-corrected chi connectivity index (χ0v) is 86.9. The van der Waals surface area contributed by atoms with E-state index in [9.17, 15) is 68.4 Å². The van der Waals surface area contributed by atoms with E-state index >= 15 is 26.3 Å². The molecule has 0 aromatic heterocycles. The van der Waals surface area contributed by atoms with Crippen LogP contribution in [0.4, 0.5) is 62.6 Å². The van der Waals surface area contributed by atoms with Crippen molar-refractivity contribution in [3.05, 3.63) is 159 Å². The summed E-state index contributed by atoms with van der Waals surface area (Å²) in [5, 5.41) is 58.1. The molecule has 6 heterocycles. The maximum Gasteiger partial charge on any atom is 0.410 e. The monoisotopic (exact) mass is 2110 g/mol. The van der Waals surface area contributed by atoms with Gasteiger partial charge in [-0.3, -0.25) is 58.5 Å². The number of aliphatic hydroxyl groups excluding tert-OH is 4. The van der Waals surface area contributed by atoms with Gasteiger partial charge in [-0.05, 0) is 264 Å². The Morgan fingerprint density at radius 1 is 0.395 bits per heavy atom. The Hall–Kier alpha value is -9.31. The average molecular weight is 2110 g/mol. The van der Waals surface area contributed by atoms with Gasteiger partial charge in [-0.15, -0.1) is 0 Å². The number of halogens is 9. The van der Waals surface area contributed by atoms with Crippen molar-refractivity contribution < 1.29 is 128 Å². The Labute approximate surface area is 865 Å². The number of hydrogen-bond donors (Lipinski definition) is 6. The molecule has 0 bridgehead atoms. The highest BCUT2D eigenvalue weighted by Crippen LogP contribution is 2.78. The number of anilines is 3. The van der Waals surface area contributed by atoms with Crippen molar-refractivity contribution >= 4 is 111 Å². The second kappa shape index (κ2) is 38.8. The number of carbonyl (C=O) groups is 10. The van der Waals surface area contributed by atoms with Gasteiger partial charge in [0.05, 0.1) is 55.0 Å². The summed E-state index contributed by atoms with van der Waals surface area (Å²) in [6.07, 6.45) is -0.325. The van der Waals surface area contributed by atoms with Gasteiger partial charge in [0.25, 0.3) is 0 Å². The Bertz CT molecular complexity index is 5900. The maximum absolute atomic E-state index is 17.9. The van der Waals surface area contributed by atoms with Crippen LogP contribution >= 0.6 is 34.8 Å². The predicted octanol–water partition coefficient (Wildman–Crippen LogP) is 14.4. The number of ketones is 6. The van der Waals surface area contributed by atoms with Gasteiger partial charge in [0.1, 0.15) is 36.3 Å². The van der Waals surface area contributed by atoms with E-state index in [0.29, 0.717) is 84.1 Å². The summed E-state index contributed by atoms with van der Waals surface area (Å²) in [4.78, 5) is 155. The van der Waals surface area contributed by atoms with Crippen molar-refractivity contribution in [3.8, 4) is 0 Å². The number of aliphatic hydroxyl groups is 4. The lowest BCUT2D eigenvalue weighted by Crippen LogP contribution is -2.70. The van der Waals surface area contributed by atoms with E-state index in [2.05, 4.69) is 10.6 Å². The third kappa shape index (κ3) is 17.3. The van der Waals surface area contributed by atoms with Gasteiger partial charge < -0.3 is 69.6 Å². The number of Topliss-reactive ketones (excluding diaryl/α,β-unsaturated/α-hetero) is 3. The van der Waals surface area contributed by atoms with Crippen molar-refractivity contribution in [2.45, 2.75) is 223 Å². The smallest absolute Gasteiger partial charge is 0.410 e. The lowest BCUT2D eigenvalue weighted by molar-refractivity contribution is -0.228. The molecule has 12 aliphatic carbocycles. The number of ether oxygens (including phenoxy) is 4. The first-order valence-electron chi connectivity index (χ1n) is 51.1. The molecule has 30 nitrogen and oxygen atoms in total. The summed E-state index contributed by atoms with van der Waals surface area (Å²) < 4.78 is 123. The van der Waals surface area contributed by atoms with Gasteiger partial charge in [0.2, 0.25) is 11.6 Å². The molecule has 9 saturated carbocycles. The second-order valence-electron chi connectivity index (χ2n) is 46.4. The van der Waals surface area contributed by atoms with Crippen molar-refractivity contribution in [1.82, 2.24) is 30.2 Å². The van der Waals surface area contributed by atoms with Crippen LogP contribution in [0.3, 0.4) is 0 Å². The van der Waals surface area contributed by atoms with Gasteiger partial charge in [0.15, 0.2) is 70.2 Å². The topological polar surface area (TPSA) is 363 Å². The number of amides is 4. The molecule has 6 aliphatic heterocycles. The van der Waals surface area contributed by atoms with Crippen LogP contribution in [0.1, 0.15) is 141 Å². The average Bonchev–Trinajstić information content (AvgIpc) is 1.50. The van der Waals surface area contributed by atoms with Crippen molar-refractivity contribution in [2.75, 3.05) is 133 Å². The molecular formula is C108H132Cl3F6N9O21. The number of nitrogens with zero attached hydrogens (tertiary/aromatic N) is 7. The number of fused-ring (bicyclic) bond motifs is 21. The first-order valence-corrected chi connectivity index (χ1v) is 52.2. The highest BCUT2D eigenvalue weighted by atomic mass is 35.5. The van der Waals surface area contributed by atoms with E-state index in [1.807, 2.05) is 27.7 Å². The fourth-order valence-corrected chi connectivity index (χ4v) is 30.1. The minimum Gasteiger partial charge on any atom is -0.444 e. The number of rotatable bonds is 11. The number of alkyl halides is 6. The van der Waals surface area contributed by atoms with Crippen molar-refractivity contribution in [1.29, 1.82) is 0 Å². The van der Waals surface area contributed by atoms with Crippen LogP contribution < -0.4 is 25.8 Å². The zero-order valence-electron chi connectivity index (χ0n) is 84.6. The standard InChI is InChI=1S/C38H46ClF2N3O8.C33H38ClF2N3O6.C28H30ClF2NO5.C9H18N2O2/c1-34(2,3)51-33(49)43-14-12-42(13-15-43)32(48)50-21-31(47)38-22(20-44(52-38)24-8-6-23(39)7-9-24)16-26-27-18-29(40)28-17-25(45)10-11-35(28,4)37(27,41)30(46)19-36(26,38)5;1-30-8-7-22(40)14-25(30)26(35)15-24-23-13-19-17-39(21-5-3-20(34)4-6-21)45-33(19,31(23,2)16-27(41)32(24,30)36)28(42)18-44-29(43)38-11-9-37-10-12-38;1-25-8-7-18(34)10-21(25)22(30)11-20-19-9-15-13-32(17-5-3-16(29)4-6-17)37-28(15,24(36)14-33)26(19,2)12-23(35)27(20,25)31;1-9(2,3)13-8(12)11-6-4-10-5-7-11/h6-11,17,22,26-27,29-30,46H,12-16,18-21H2,1-5H3;3-8,14,19,23-24,26-27,37,41H,9-13,15-18H2,1-2H3;3-8,10,15,19-20,22-23,33,35H,9,11-14H2,1-2H3;10H,4-7H2,1-3H3/t22-,26-,27-,29-,30-,35-,36-,37-,38-;19-,23-,24-,26-,27-,30-,31-,32-,33-;15-,19-,20-,22-,23-,25-,26-,27-,28-;/m000./s1. The van der Waals surface area contributed by atoms with Gasteiger partial charge >= 0.3 is 24.4 Å². The molecule has 798 valence electrons. The van der Waals surface area contributed by atoms with Crippen LogP contribution in [-0.2, 0) is 62.2 Å². The quantitative estimate of drug-likeness (QED) is 0.0767. The fraction of sp³-hybridized carbons (Fsp3) is 0.630. The normalized spacial score (nSPS) is 39.6. The van der Waals surface area contributed by atoms with Crippen LogP contribution in [0.15, 0.2) is 144 Å². The number of benzene rings is 3. The van der Waals surface area contributed by atoms with Gasteiger partial charge in [-0.1, -0.05) is 73.8 Å². The molecule has 0 radical (unpaired) electrons. The Morgan fingerprint density at radius 2 is 0.653 bits per heavy atom. The summed E-state index contributed by atoms with van der Waals surface area (Å²) in [5.74, 6) is -8.69. The molecule has 4 amide bonds. The van der Waals surface area contributed by atoms with E-state index in [1.54, 1.807) is 141 Å². The molecular weight excluding hydrogens is 1980 g/mol. The van der Waals surface area contributed by atoms with Gasteiger partial charge in [-0.25, -0.2) is 45.5 Å².